The van der Waals surface area contributed by atoms with Crippen molar-refractivity contribution in [3.63, 3.8) is 0 Å². The number of cyclic esters (lactones) is 1. The van der Waals surface area contributed by atoms with Crippen LogP contribution in [0.4, 0.5) is 0 Å². The van der Waals surface area contributed by atoms with Crippen LogP contribution < -0.4 is 0 Å². The van der Waals surface area contributed by atoms with Crippen molar-refractivity contribution in [2.24, 2.45) is 11.8 Å². The Bertz CT molecular complexity index is 208. The minimum atomic E-state index is -0.557. The van der Waals surface area contributed by atoms with Crippen LogP contribution >= 0.6 is 0 Å². The molecule has 0 aromatic rings. The highest BCUT2D eigenvalue weighted by Crippen LogP contribution is 2.31. The van der Waals surface area contributed by atoms with Crippen LogP contribution in [0.25, 0.3) is 0 Å². The minimum Gasteiger partial charge on any atom is -0.459 e. The summed E-state index contributed by atoms with van der Waals surface area (Å²) >= 11 is 0. The fourth-order valence-corrected chi connectivity index (χ4v) is 1.71. The Labute approximate surface area is 72.1 Å². The van der Waals surface area contributed by atoms with Gasteiger partial charge in [-0.15, -0.1) is 0 Å². The molecule has 0 aliphatic carbocycles. The topological polar surface area (TPSA) is 43.4 Å². The summed E-state index contributed by atoms with van der Waals surface area (Å²) in [6.45, 7) is 5.63. The molecule has 0 aromatic carbocycles. The second kappa shape index (κ2) is 2.88. The number of carbonyl (C=O) groups is 2. The number of hydrogen-bond acceptors (Lipinski definition) is 3. The van der Waals surface area contributed by atoms with E-state index in [9.17, 15) is 9.59 Å². The van der Waals surface area contributed by atoms with E-state index in [1.165, 1.54) is 0 Å². The first kappa shape index (κ1) is 9.23. The highest BCUT2D eigenvalue weighted by Gasteiger charge is 2.39. The molecule has 0 N–H and O–H groups in total. The summed E-state index contributed by atoms with van der Waals surface area (Å²) in [4.78, 5) is 21.7. The van der Waals surface area contributed by atoms with Crippen molar-refractivity contribution in [3.8, 4) is 0 Å². The van der Waals surface area contributed by atoms with Crippen LogP contribution in [0.15, 0.2) is 0 Å². The molecule has 0 radical (unpaired) electrons. The fourth-order valence-electron chi connectivity index (χ4n) is 1.71. The van der Waals surface area contributed by atoms with E-state index >= 15 is 0 Å². The average Bonchev–Trinajstić information content (AvgIpc) is 1.82. The fraction of sp³-hybridized carbons (Fsp3) is 0.778. The maximum absolute atomic E-state index is 11.2. The number of hydrogen-bond donors (Lipinski definition) is 0. The van der Waals surface area contributed by atoms with Crippen LogP contribution in [-0.2, 0) is 14.3 Å². The van der Waals surface area contributed by atoms with Crippen LogP contribution in [0.1, 0.15) is 27.2 Å². The third-order valence-corrected chi connectivity index (χ3v) is 2.22. The third kappa shape index (κ3) is 1.65. The van der Waals surface area contributed by atoms with E-state index in [0.717, 1.165) is 6.42 Å². The molecule has 3 nitrogen and oxygen atoms in total. The largest absolute Gasteiger partial charge is 0.459 e. The summed E-state index contributed by atoms with van der Waals surface area (Å²) in [6, 6.07) is 0. The van der Waals surface area contributed by atoms with Crippen LogP contribution in [-0.4, -0.2) is 17.9 Å². The van der Waals surface area contributed by atoms with E-state index in [-0.39, 0.29) is 11.9 Å². The molecule has 1 saturated heterocycles. The predicted octanol–water partition coefficient (Wildman–Crippen LogP) is 1.16. The molecule has 1 rings (SSSR count). The zero-order chi connectivity index (χ0) is 9.35. The van der Waals surface area contributed by atoms with Crippen LogP contribution in [0.3, 0.4) is 0 Å². The van der Waals surface area contributed by atoms with Crippen molar-refractivity contribution >= 4 is 12.3 Å². The third-order valence-electron chi connectivity index (χ3n) is 2.22. The van der Waals surface area contributed by atoms with Crippen molar-refractivity contribution in [3.05, 3.63) is 0 Å². The van der Waals surface area contributed by atoms with Gasteiger partial charge in [0.1, 0.15) is 17.8 Å². The zero-order valence-corrected chi connectivity index (χ0v) is 7.66. The van der Waals surface area contributed by atoms with E-state index < -0.39 is 11.5 Å². The Balaban J connectivity index is 2.77. The molecule has 68 valence electrons. The Morgan fingerprint density at radius 2 is 2.17 bits per heavy atom. The number of rotatable bonds is 1. The van der Waals surface area contributed by atoms with Crippen LogP contribution in [0, 0.1) is 11.8 Å². The lowest BCUT2D eigenvalue weighted by molar-refractivity contribution is -0.174. The molecule has 0 bridgehead atoms. The summed E-state index contributed by atoms with van der Waals surface area (Å²) in [5, 5.41) is 0. The van der Waals surface area contributed by atoms with Crippen molar-refractivity contribution in [2.45, 2.75) is 32.8 Å². The van der Waals surface area contributed by atoms with Gasteiger partial charge in [0.2, 0.25) is 0 Å². The predicted molar refractivity (Wildman–Crippen MR) is 43.5 cm³/mol. The Hall–Kier alpha value is -0.860. The van der Waals surface area contributed by atoms with Gasteiger partial charge in [0.05, 0.1) is 0 Å². The highest BCUT2D eigenvalue weighted by molar-refractivity contribution is 5.88. The summed E-state index contributed by atoms with van der Waals surface area (Å²) in [7, 11) is 0. The first-order chi connectivity index (χ1) is 5.46. The number of ether oxygens (including phenoxy) is 1. The van der Waals surface area contributed by atoms with E-state index in [4.69, 9.17) is 4.74 Å². The van der Waals surface area contributed by atoms with E-state index in [2.05, 4.69) is 0 Å². The Kier molecular flexibility index (Phi) is 2.22. The van der Waals surface area contributed by atoms with Crippen molar-refractivity contribution in [2.75, 3.05) is 0 Å². The first-order valence-corrected chi connectivity index (χ1v) is 4.14. The molecule has 2 unspecified atom stereocenters. The van der Waals surface area contributed by atoms with Crippen molar-refractivity contribution in [1.29, 1.82) is 0 Å². The van der Waals surface area contributed by atoms with Gasteiger partial charge in [-0.1, -0.05) is 6.92 Å². The number of aldehydes is 1. The minimum absolute atomic E-state index is 0.0961. The molecule has 0 aromatic heterocycles. The lowest BCUT2D eigenvalue weighted by atomic mass is 9.83. The molecule has 0 spiro atoms. The Morgan fingerprint density at radius 1 is 1.58 bits per heavy atom. The van der Waals surface area contributed by atoms with Gasteiger partial charge in [-0.25, -0.2) is 0 Å². The van der Waals surface area contributed by atoms with Gasteiger partial charge >= 0.3 is 5.97 Å². The molecule has 1 aliphatic heterocycles. The maximum atomic E-state index is 11.2. The van der Waals surface area contributed by atoms with E-state index in [1.807, 2.05) is 20.8 Å². The summed E-state index contributed by atoms with van der Waals surface area (Å²) in [6.07, 6.45) is 1.43. The molecule has 3 heteroatoms. The lowest BCUT2D eigenvalue weighted by Gasteiger charge is -2.36. The second-order valence-corrected chi connectivity index (χ2v) is 4.02. The smallest absolute Gasteiger partial charge is 0.316 e. The molecule has 1 aliphatic rings. The van der Waals surface area contributed by atoms with Crippen molar-refractivity contribution < 1.29 is 14.3 Å². The molecule has 1 fully saturated rings. The average molecular weight is 170 g/mol. The van der Waals surface area contributed by atoms with E-state index in [1.54, 1.807) is 0 Å². The Morgan fingerprint density at radius 3 is 2.58 bits per heavy atom. The van der Waals surface area contributed by atoms with Gasteiger partial charge in [0.25, 0.3) is 0 Å². The molecule has 2 atom stereocenters. The van der Waals surface area contributed by atoms with Gasteiger partial charge in [-0.3, -0.25) is 4.79 Å². The first-order valence-electron chi connectivity index (χ1n) is 4.14. The van der Waals surface area contributed by atoms with Crippen LogP contribution in [0.2, 0.25) is 0 Å². The normalized spacial score (nSPS) is 34.1. The zero-order valence-electron chi connectivity index (χ0n) is 7.66. The van der Waals surface area contributed by atoms with Gasteiger partial charge in [-0.05, 0) is 26.2 Å². The number of carbonyl (C=O) groups excluding carboxylic acids is 2. The van der Waals surface area contributed by atoms with Gasteiger partial charge in [0.15, 0.2) is 0 Å². The van der Waals surface area contributed by atoms with Gasteiger partial charge in [-0.2, -0.15) is 0 Å². The van der Waals surface area contributed by atoms with Crippen LogP contribution in [0.5, 0.6) is 0 Å². The second-order valence-electron chi connectivity index (χ2n) is 4.02. The highest BCUT2D eigenvalue weighted by atomic mass is 16.6. The lowest BCUT2D eigenvalue weighted by Crippen LogP contribution is -2.43. The molecule has 0 saturated carbocycles. The van der Waals surface area contributed by atoms with Gasteiger partial charge < -0.3 is 9.53 Å². The van der Waals surface area contributed by atoms with E-state index in [0.29, 0.717) is 6.29 Å². The molecular weight excluding hydrogens is 156 g/mol. The molecule has 1 heterocycles. The summed E-state index contributed by atoms with van der Waals surface area (Å²) < 4.78 is 5.08. The molecule has 12 heavy (non-hydrogen) atoms. The molecule has 0 amide bonds. The number of esters is 1. The quantitative estimate of drug-likeness (QED) is 0.337. The van der Waals surface area contributed by atoms with Gasteiger partial charge in [0, 0.05) is 0 Å². The maximum Gasteiger partial charge on any atom is 0.316 e. The SMILES string of the molecule is CC1CC(C)(C)OC(=O)C1C=O. The summed E-state index contributed by atoms with van der Waals surface area (Å²) in [5.74, 6) is -0.842. The van der Waals surface area contributed by atoms with Crippen molar-refractivity contribution in [1.82, 2.24) is 0 Å². The summed E-state index contributed by atoms with van der Waals surface area (Å²) in [5.41, 5.74) is -0.407. The standard InChI is InChI=1S/C9H14O3/c1-6-4-9(2,3)12-8(11)7(6)5-10/h5-7H,4H2,1-3H3. The molecular formula is C9H14O3. The monoisotopic (exact) mass is 170 g/mol.